The van der Waals surface area contributed by atoms with Gasteiger partial charge in [-0.25, -0.2) is 4.98 Å². The van der Waals surface area contributed by atoms with E-state index < -0.39 is 0 Å². The van der Waals surface area contributed by atoms with E-state index in [1.54, 1.807) is 6.20 Å². The van der Waals surface area contributed by atoms with Crippen molar-refractivity contribution in [2.24, 2.45) is 7.05 Å². The highest BCUT2D eigenvalue weighted by Gasteiger charge is 2.21. The molecule has 0 aliphatic heterocycles. The summed E-state index contributed by atoms with van der Waals surface area (Å²) in [6.07, 6.45) is 3.44. The Morgan fingerprint density at radius 3 is 2.70 bits per heavy atom. The molecule has 5 heteroatoms. The maximum atomic E-state index is 6.30. The normalized spacial score (nSPS) is 12.8. The fourth-order valence-electron chi connectivity index (χ4n) is 1.97. The first-order valence-corrected chi connectivity index (χ1v) is 6.95. The zero-order chi connectivity index (χ0) is 14.5. The third-order valence-corrected chi connectivity index (χ3v) is 3.45. The number of rotatable bonds is 6. The third kappa shape index (κ3) is 3.60. The van der Waals surface area contributed by atoms with E-state index in [0.717, 1.165) is 17.9 Å². The van der Waals surface area contributed by atoms with Gasteiger partial charge in [-0.2, -0.15) is 0 Å². The fraction of sp³-hybridized carbons (Fsp3) is 0.400. The SMILES string of the molecule is CN(C)CCOC(c1ccccc1Cl)c1nccn1C. The Labute approximate surface area is 124 Å². The van der Waals surface area contributed by atoms with Crippen LogP contribution in [0, 0.1) is 0 Å². The van der Waals surface area contributed by atoms with Gasteiger partial charge in [-0.15, -0.1) is 0 Å². The predicted octanol–water partition coefficient (Wildman–Crippen LogP) is 2.74. The number of benzene rings is 1. The lowest BCUT2D eigenvalue weighted by molar-refractivity contribution is 0.0619. The Kier molecular flexibility index (Phi) is 5.17. The zero-order valence-electron chi connectivity index (χ0n) is 12.1. The molecule has 0 N–H and O–H groups in total. The number of halogens is 1. The molecule has 1 heterocycles. The van der Waals surface area contributed by atoms with Gasteiger partial charge in [0.15, 0.2) is 0 Å². The molecule has 0 aliphatic carbocycles. The second kappa shape index (κ2) is 6.88. The standard InChI is InChI=1S/C15H20ClN3O/c1-18(2)10-11-20-14(15-17-8-9-19(15)3)12-6-4-5-7-13(12)16/h4-9,14H,10-11H2,1-3H3. The highest BCUT2D eigenvalue weighted by atomic mass is 35.5. The molecule has 2 aromatic rings. The summed E-state index contributed by atoms with van der Waals surface area (Å²) in [5.74, 6) is 0.858. The quantitative estimate of drug-likeness (QED) is 0.820. The Bertz CT molecular complexity index is 554. The topological polar surface area (TPSA) is 30.3 Å². The molecule has 20 heavy (non-hydrogen) atoms. The van der Waals surface area contributed by atoms with Gasteiger partial charge in [0.1, 0.15) is 11.9 Å². The average Bonchev–Trinajstić information content (AvgIpc) is 2.82. The summed E-state index contributed by atoms with van der Waals surface area (Å²) in [6.45, 7) is 1.47. The number of nitrogens with zero attached hydrogens (tertiary/aromatic N) is 3. The molecule has 0 aliphatic rings. The lowest BCUT2D eigenvalue weighted by Crippen LogP contribution is -2.21. The summed E-state index contributed by atoms with van der Waals surface area (Å²) < 4.78 is 8.00. The highest BCUT2D eigenvalue weighted by Crippen LogP contribution is 2.30. The van der Waals surface area contributed by atoms with Crippen LogP contribution in [0.5, 0.6) is 0 Å². The molecule has 0 amide bonds. The van der Waals surface area contributed by atoms with Crippen molar-refractivity contribution in [1.29, 1.82) is 0 Å². The average molecular weight is 294 g/mol. The molecule has 0 radical (unpaired) electrons. The van der Waals surface area contributed by atoms with Crippen LogP contribution in [0.3, 0.4) is 0 Å². The molecule has 0 spiro atoms. The zero-order valence-corrected chi connectivity index (χ0v) is 12.8. The van der Waals surface area contributed by atoms with Crippen LogP contribution in [-0.2, 0) is 11.8 Å². The summed E-state index contributed by atoms with van der Waals surface area (Å²) in [6, 6.07) is 7.74. The van der Waals surface area contributed by atoms with E-state index in [1.807, 2.05) is 56.2 Å². The van der Waals surface area contributed by atoms with Crippen molar-refractivity contribution in [1.82, 2.24) is 14.5 Å². The predicted molar refractivity (Wildman–Crippen MR) is 81.0 cm³/mol. The second-order valence-corrected chi connectivity index (χ2v) is 5.38. The minimum absolute atomic E-state index is 0.247. The minimum atomic E-state index is -0.247. The largest absolute Gasteiger partial charge is 0.364 e. The molecule has 2 rings (SSSR count). The number of hydrogen-bond donors (Lipinski definition) is 0. The molecule has 0 fully saturated rings. The first-order chi connectivity index (χ1) is 9.59. The molecular weight excluding hydrogens is 274 g/mol. The van der Waals surface area contributed by atoms with Gasteiger partial charge < -0.3 is 14.2 Å². The van der Waals surface area contributed by atoms with Gasteiger partial charge in [0.2, 0.25) is 0 Å². The first-order valence-electron chi connectivity index (χ1n) is 6.57. The fourth-order valence-corrected chi connectivity index (χ4v) is 2.21. The number of aromatic nitrogens is 2. The molecular formula is C15H20ClN3O. The van der Waals surface area contributed by atoms with Crippen LogP contribution in [0.2, 0.25) is 5.02 Å². The van der Waals surface area contributed by atoms with Crippen LogP contribution >= 0.6 is 11.6 Å². The van der Waals surface area contributed by atoms with Crippen LogP contribution in [0.15, 0.2) is 36.7 Å². The van der Waals surface area contributed by atoms with Crippen molar-refractivity contribution in [3.05, 3.63) is 53.1 Å². The lowest BCUT2D eigenvalue weighted by atomic mass is 10.1. The molecule has 108 valence electrons. The number of imidazole rings is 1. The summed E-state index contributed by atoms with van der Waals surface area (Å²) >= 11 is 6.30. The summed E-state index contributed by atoms with van der Waals surface area (Å²) in [5.41, 5.74) is 0.947. The number of aryl methyl sites for hydroxylation is 1. The van der Waals surface area contributed by atoms with E-state index in [1.165, 1.54) is 0 Å². The van der Waals surface area contributed by atoms with Gasteiger partial charge in [0, 0.05) is 36.6 Å². The van der Waals surface area contributed by atoms with Gasteiger partial charge in [0.05, 0.1) is 6.61 Å². The van der Waals surface area contributed by atoms with E-state index in [9.17, 15) is 0 Å². The molecule has 0 saturated heterocycles. The molecule has 1 unspecified atom stereocenters. The van der Waals surface area contributed by atoms with Crippen LogP contribution in [0.1, 0.15) is 17.5 Å². The van der Waals surface area contributed by atoms with Gasteiger partial charge in [-0.05, 0) is 20.2 Å². The lowest BCUT2D eigenvalue weighted by Gasteiger charge is -2.20. The molecule has 4 nitrogen and oxygen atoms in total. The van der Waals surface area contributed by atoms with Crippen molar-refractivity contribution >= 4 is 11.6 Å². The summed E-state index contributed by atoms with van der Waals surface area (Å²) in [5, 5.41) is 0.699. The summed E-state index contributed by atoms with van der Waals surface area (Å²) in [7, 11) is 6.00. The van der Waals surface area contributed by atoms with E-state index in [0.29, 0.717) is 11.6 Å². The molecule has 1 aromatic carbocycles. The number of likely N-dealkylation sites (N-methyl/N-ethyl adjacent to an activating group) is 1. The van der Waals surface area contributed by atoms with Crippen molar-refractivity contribution in [2.75, 3.05) is 27.2 Å². The monoisotopic (exact) mass is 293 g/mol. The smallest absolute Gasteiger partial charge is 0.142 e. The third-order valence-electron chi connectivity index (χ3n) is 3.10. The maximum absolute atomic E-state index is 6.30. The second-order valence-electron chi connectivity index (χ2n) is 4.97. The Morgan fingerprint density at radius 2 is 2.10 bits per heavy atom. The van der Waals surface area contributed by atoms with Crippen molar-refractivity contribution in [2.45, 2.75) is 6.10 Å². The van der Waals surface area contributed by atoms with Crippen LogP contribution in [0.4, 0.5) is 0 Å². The van der Waals surface area contributed by atoms with Gasteiger partial charge in [-0.3, -0.25) is 0 Å². The van der Waals surface area contributed by atoms with E-state index in [4.69, 9.17) is 16.3 Å². The maximum Gasteiger partial charge on any atom is 0.142 e. The van der Waals surface area contributed by atoms with Crippen LogP contribution < -0.4 is 0 Å². The highest BCUT2D eigenvalue weighted by molar-refractivity contribution is 6.31. The molecule has 0 saturated carbocycles. The molecule has 1 aromatic heterocycles. The van der Waals surface area contributed by atoms with E-state index in [2.05, 4.69) is 9.88 Å². The van der Waals surface area contributed by atoms with Crippen molar-refractivity contribution < 1.29 is 4.74 Å². The van der Waals surface area contributed by atoms with E-state index >= 15 is 0 Å². The van der Waals surface area contributed by atoms with Crippen molar-refractivity contribution in [3.8, 4) is 0 Å². The van der Waals surface area contributed by atoms with Crippen LogP contribution in [0.25, 0.3) is 0 Å². The Morgan fingerprint density at radius 1 is 1.35 bits per heavy atom. The number of ether oxygens (including phenoxy) is 1. The van der Waals surface area contributed by atoms with Crippen molar-refractivity contribution in [3.63, 3.8) is 0 Å². The molecule has 0 bridgehead atoms. The number of hydrogen-bond acceptors (Lipinski definition) is 3. The van der Waals surface area contributed by atoms with E-state index in [-0.39, 0.29) is 6.10 Å². The van der Waals surface area contributed by atoms with Gasteiger partial charge in [-0.1, -0.05) is 29.8 Å². The Hall–Kier alpha value is -1.36. The summed E-state index contributed by atoms with van der Waals surface area (Å²) in [4.78, 5) is 6.48. The Balaban J connectivity index is 2.25. The van der Waals surface area contributed by atoms with Gasteiger partial charge in [0.25, 0.3) is 0 Å². The molecule has 1 atom stereocenters. The van der Waals surface area contributed by atoms with Crippen LogP contribution in [-0.4, -0.2) is 41.7 Å². The van der Waals surface area contributed by atoms with Gasteiger partial charge >= 0.3 is 0 Å². The first kappa shape index (κ1) is 15.0. The minimum Gasteiger partial charge on any atom is -0.364 e.